The number of hydrogen-bond acceptors (Lipinski definition) is 4. The highest BCUT2D eigenvalue weighted by molar-refractivity contribution is 4.69. The zero-order valence-electron chi connectivity index (χ0n) is 15.9. The van der Waals surface area contributed by atoms with Crippen molar-refractivity contribution in [1.82, 2.24) is 0 Å². The van der Waals surface area contributed by atoms with Crippen LogP contribution in [0.3, 0.4) is 0 Å². The lowest BCUT2D eigenvalue weighted by Gasteiger charge is -2.21. The molecule has 0 radical (unpaired) electrons. The first-order valence-corrected chi connectivity index (χ1v) is 10.0. The van der Waals surface area contributed by atoms with Crippen molar-refractivity contribution in [1.29, 1.82) is 0 Å². The number of aliphatic hydroxyl groups is 4. The summed E-state index contributed by atoms with van der Waals surface area (Å²) in [7, 11) is 0. The van der Waals surface area contributed by atoms with E-state index in [2.05, 4.69) is 5.73 Å². The van der Waals surface area contributed by atoms with Gasteiger partial charge in [-0.3, -0.25) is 0 Å². The smallest absolute Gasteiger partial charge is 0.0773 e. The van der Waals surface area contributed by atoms with Crippen molar-refractivity contribution in [2.75, 3.05) is 19.8 Å². The van der Waals surface area contributed by atoms with Crippen molar-refractivity contribution in [3.8, 4) is 0 Å². The molecule has 7 N–H and O–H groups in total. The number of aliphatic hydroxyl groups excluding tert-OH is 4. The maximum Gasteiger partial charge on any atom is 0.0773 e. The number of quaternary nitrogens is 1. The van der Waals surface area contributed by atoms with Gasteiger partial charge >= 0.3 is 0 Å². The molecule has 0 saturated carbocycles. The summed E-state index contributed by atoms with van der Waals surface area (Å²) in [5.41, 5.74) is 3.86. The second-order valence-electron chi connectivity index (χ2n) is 7.19. The summed E-state index contributed by atoms with van der Waals surface area (Å²) >= 11 is 0. The largest absolute Gasteiger partial charge is 1.00 e. The van der Waals surface area contributed by atoms with Gasteiger partial charge in [-0.2, -0.15) is 0 Å². The molecule has 0 aromatic heterocycles. The topological polar surface area (TPSA) is 109 Å². The van der Waals surface area contributed by atoms with E-state index in [0.717, 1.165) is 19.4 Å². The Morgan fingerprint density at radius 2 is 0.960 bits per heavy atom. The summed E-state index contributed by atoms with van der Waals surface area (Å²) in [6.45, 7) is 0.590. The average molecular weight is 384 g/mol. The van der Waals surface area contributed by atoms with Crippen LogP contribution in [0.5, 0.6) is 0 Å². The Kier molecular flexibility index (Phi) is 22.3. The molecule has 154 valence electrons. The Morgan fingerprint density at radius 3 is 1.32 bits per heavy atom. The summed E-state index contributed by atoms with van der Waals surface area (Å²) < 4.78 is 0. The van der Waals surface area contributed by atoms with Crippen molar-refractivity contribution in [3.63, 3.8) is 0 Å². The van der Waals surface area contributed by atoms with E-state index < -0.39 is 12.2 Å². The van der Waals surface area contributed by atoms with Crippen LogP contribution in [0.1, 0.15) is 83.5 Å². The van der Waals surface area contributed by atoms with E-state index in [1.54, 1.807) is 0 Å². The fraction of sp³-hybridized carbons (Fsp3) is 1.00. The number of unbranched alkanes of at least 4 members (excludes halogenated alkanes) is 9. The molecule has 0 bridgehead atoms. The third-order valence-electron chi connectivity index (χ3n) is 4.74. The second kappa shape index (κ2) is 20.4. The minimum atomic E-state index is -0.718. The minimum absolute atomic E-state index is 0. The molecule has 2 unspecified atom stereocenters. The monoisotopic (exact) mass is 383 g/mol. The number of halogens is 1. The van der Waals surface area contributed by atoms with E-state index in [1.807, 2.05) is 0 Å². The fourth-order valence-corrected chi connectivity index (χ4v) is 3.27. The van der Waals surface area contributed by atoms with E-state index >= 15 is 0 Å². The number of hydrogen-bond donors (Lipinski definition) is 5. The van der Waals surface area contributed by atoms with Gasteiger partial charge in [0.1, 0.15) is 0 Å². The van der Waals surface area contributed by atoms with Crippen LogP contribution >= 0.6 is 0 Å². The van der Waals surface area contributed by atoms with Crippen molar-refractivity contribution in [2.24, 2.45) is 5.92 Å². The molecule has 25 heavy (non-hydrogen) atoms. The maximum absolute atomic E-state index is 9.59. The summed E-state index contributed by atoms with van der Waals surface area (Å²) in [5.74, 6) is 0.169. The summed E-state index contributed by atoms with van der Waals surface area (Å²) in [4.78, 5) is 0. The predicted molar refractivity (Wildman–Crippen MR) is 97.5 cm³/mol. The standard InChI is InChI=1S/C19H41NO4.ClH/c20-12-10-8-6-4-2-1-3-5-7-9-11-17(13-18(23)15-21)14-19(24)16-22;/h17-19,21-24H,1-16,20H2;1H. The van der Waals surface area contributed by atoms with Crippen LogP contribution in [0.2, 0.25) is 0 Å². The molecule has 0 aliphatic heterocycles. The first-order valence-electron chi connectivity index (χ1n) is 10.0. The summed E-state index contributed by atoms with van der Waals surface area (Å²) in [5, 5.41) is 37.1. The Morgan fingerprint density at radius 1 is 0.600 bits per heavy atom. The van der Waals surface area contributed by atoms with Gasteiger partial charge in [-0.25, -0.2) is 0 Å². The van der Waals surface area contributed by atoms with Crippen molar-refractivity contribution in [2.45, 2.75) is 95.7 Å². The highest BCUT2D eigenvalue weighted by atomic mass is 35.5. The van der Waals surface area contributed by atoms with Crippen LogP contribution < -0.4 is 18.1 Å². The molecule has 0 amide bonds. The first kappa shape index (κ1) is 27.3. The van der Waals surface area contributed by atoms with Gasteiger partial charge in [0.15, 0.2) is 0 Å². The molecule has 5 nitrogen and oxygen atoms in total. The van der Waals surface area contributed by atoms with Crippen molar-refractivity contribution < 1.29 is 38.6 Å². The molecule has 0 spiro atoms. The van der Waals surface area contributed by atoms with Crippen LogP contribution in [0.25, 0.3) is 0 Å². The van der Waals surface area contributed by atoms with Crippen LogP contribution in [0.4, 0.5) is 0 Å². The predicted octanol–water partition coefficient (Wildman–Crippen LogP) is -1.37. The van der Waals surface area contributed by atoms with E-state index in [0.29, 0.717) is 12.8 Å². The van der Waals surface area contributed by atoms with Crippen LogP contribution in [-0.4, -0.2) is 52.4 Å². The second-order valence-corrected chi connectivity index (χ2v) is 7.19. The zero-order valence-corrected chi connectivity index (χ0v) is 16.7. The molecule has 0 aliphatic carbocycles. The number of rotatable bonds is 18. The molecule has 0 fully saturated rings. The van der Waals surface area contributed by atoms with Crippen LogP contribution in [0.15, 0.2) is 0 Å². The Labute approximate surface area is 160 Å². The van der Waals surface area contributed by atoms with Gasteiger partial charge in [0, 0.05) is 0 Å². The van der Waals surface area contributed by atoms with Gasteiger partial charge in [-0.15, -0.1) is 0 Å². The molecule has 0 rings (SSSR count). The average Bonchev–Trinajstić information content (AvgIpc) is 2.59. The molecular formula is C19H42ClNO4. The van der Waals surface area contributed by atoms with E-state index in [4.69, 9.17) is 10.2 Å². The molecule has 2 atom stereocenters. The lowest BCUT2D eigenvalue weighted by Crippen LogP contribution is -3.00. The van der Waals surface area contributed by atoms with E-state index in [1.165, 1.54) is 57.8 Å². The third kappa shape index (κ3) is 18.7. The lowest BCUT2D eigenvalue weighted by atomic mass is 9.90. The highest BCUT2D eigenvalue weighted by Gasteiger charge is 2.17. The van der Waals surface area contributed by atoms with Gasteiger partial charge in [-0.1, -0.05) is 57.8 Å². The molecule has 0 aromatic carbocycles. The molecule has 0 aliphatic rings. The van der Waals surface area contributed by atoms with E-state index in [9.17, 15) is 10.2 Å². The minimum Gasteiger partial charge on any atom is -1.00 e. The van der Waals surface area contributed by atoms with Gasteiger partial charge in [0.05, 0.1) is 32.0 Å². The summed E-state index contributed by atoms with van der Waals surface area (Å²) in [6.07, 6.45) is 13.3. The van der Waals surface area contributed by atoms with Crippen molar-refractivity contribution >= 4 is 0 Å². The molecule has 0 heterocycles. The van der Waals surface area contributed by atoms with E-state index in [-0.39, 0.29) is 31.5 Å². The molecular weight excluding hydrogens is 342 g/mol. The van der Waals surface area contributed by atoms with Gasteiger partial charge in [0.2, 0.25) is 0 Å². The van der Waals surface area contributed by atoms with Crippen LogP contribution in [0, 0.1) is 5.92 Å². The molecule has 0 saturated heterocycles. The summed E-state index contributed by atoms with van der Waals surface area (Å²) in [6, 6.07) is 0. The molecule has 6 heteroatoms. The SMILES string of the molecule is [Cl-].[NH3+]CCCCCCCCCCCCC(CC(O)CO)CC(O)CO. The Bertz CT molecular complexity index is 248. The van der Waals surface area contributed by atoms with Crippen molar-refractivity contribution in [3.05, 3.63) is 0 Å². The quantitative estimate of drug-likeness (QED) is 0.188. The third-order valence-corrected chi connectivity index (χ3v) is 4.74. The normalized spacial score (nSPS) is 14.8. The maximum atomic E-state index is 9.59. The highest BCUT2D eigenvalue weighted by Crippen LogP contribution is 2.22. The van der Waals surface area contributed by atoms with Crippen LogP contribution in [-0.2, 0) is 0 Å². The Balaban J connectivity index is 0. The van der Waals surface area contributed by atoms with Gasteiger partial charge in [0.25, 0.3) is 0 Å². The fourth-order valence-electron chi connectivity index (χ4n) is 3.27. The zero-order chi connectivity index (χ0) is 18.0. The Hall–Kier alpha value is 0.0900. The van der Waals surface area contributed by atoms with Gasteiger partial charge in [-0.05, 0) is 31.6 Å². The lowest BCUT2D eigenvalue weighted by molar-refractivity contribution is -0.368. The molecule has 0 aromatic rings. The van der Waals surface area contributed by atoms with Gasteiger partial charge < -0.3 is 38.6 Å². The first-order chi connectivity index (χ1) is 11.6.